The van der Waals surface area contributed by atoms with Crippen molar-refractivity contribution in [2.75, 3.05) is 5.73 Å². The summed E-state index contributed by atoms with van der Waals surface area (Å²) in [5.41, 5.74) is 7.42. The summed E-state index contributed by atoms with van der Waals surface area (Å²) >= 11 is 3.46. The number of anilines is 1. The van der Waals surface area contributed by atoms with Crippen molar-refractivity contribution in [1.82, 2.24) is 9.97 Å². The molecule has 0 saturated heterocycles. The minimum Gasteiger partial charge on any atom is -0.368 e. The molecule has 0 saturated carbocycles. The number of hydrogen-bond donors (Lipinski definition) is 1. The fraction of sp³-hybridized carbons (Fsp3) is 0. The van der Waals surface area contributed by atoms with E-state index in [0.717, 1.165) is 15.6 Å². The van der Waals surface area contributed by atoms with Crippen molar-refractivity contribution in [2.24, 2.45) is 0 Å². The van der Waals surface area contributed by atoms with Crippen LogP contribution < -0.4 is 5.73 Å². The van der Waals surface area contributed by atoms with Crippen LogP contribution in [-0.2, 0) is 0 Å². The molecule has 4 heteroatoms. The van der Waals surface area contributed by atoms with Crippen LogP contribution in [0, 0.1) is 0 Å². The van der Waals surface area contributed by atoms with E-state index in [0.29, 0.717) is 5.95 Å². The summed E-state index contributed by atoms with van der Waals surface area (Å²) in [6.07, 6.45) is 3.42. The molecule has 70 valence electrons. The predicted molar refractivity (Wildman–Crippen MR) is 59.6 cm³/mol. The van der Waals surface area contributed by atoms with Gasteiger partial charge in [0.15, 0.2) is 0 Å². The number of hydrogen-bond acceptors (Lipinski definition) is 3. The SMILES string of the molecule is Nc1ncc(-c2ccccc2Br)cn1. The number of nitrogen functional groups attached to an aromatic ring is 1. The Labute approximate surface area is 90.1 Å². The molecule has 0 aliphatic carbocycles. The number of nitrogens with two attached hydrogens (primary N) is 1. The van der Waals surface area contributed by atoms with Crippen LogP contribution >= 0.6 is 15.9 Å². The van der Waals surface area contributed by atoms with Crippen molar-refractivity contribution in [2.45, 2.75) is 0 Å². The molecule has 14 heavy (non-hydrogen) atoms. The molecule has 0 spiro atoms. The molecule has 3 nitrogen and oxygen atoms in total. The monoisotopic (exact) mass is 249 g/mol. The molecule has 0 fully saturated rings. The molecule has 1 heterocycles. The summed E-state index contributed by atoms with van der Waals surface area (Å²) in [5, 5.41) is 0. The lowest BCUT2D eigenvalue weighted by Crippen LogP contribution is -1.93. The zero-order valence-electron chi connectivity index (χ0n) is 7.31. The third-order valence-corrected chi connectivity index (χ3v) is 2.55. The van der Waals surface area contributed by atoms with Crippen molar-refractivity contribution in [3.05, 3.63) is 41.1 Å². The van der Waals surface area contributed by atoms with Crippen LogP contribution in [0.3, 0.4) is 0 Å². The fourth-order valence-corrected chi connectivity index (χ4v) is 1.69. The van der Waals surface area contributed by atoms with Gasteiger partial charge in [-0.15, -0.1) is 0 Å². The van der Waals surface area contributed by atoms with Crippen molar-refractivity contribution < 1.29 is 0 Å². The standard InChI is InChI=1S/C10H8BrN3/c11-9-4-2-1-3-8(9)7-5-13-10(12)14-6-7/h1-6H,(H2,12,13,14). The molecule has 1 aromatic heterocycles. The van der Waals surface area contributed by atoms with E-state index in [2.05, 4.69) is 25.9 Å². The van der Waals surface area contributed by atoms with Crippen molar-refractivity contribution in [3.8, 4) is 11.1 Å². The quantitative estimate of drug-likeness (QED) is 0.845. The topological polar surface area (TPSA) is 51.8 Å². The van der Waals surface area contributed by atoms with Gasteiger partial charge in [-0.05, 0) is 11.6 Å². The number of rotatable bonds is 1. The van der Waals surface area contributed by atoms with E-state index >= 15 is 0 Å². The van der Waals surface area contributed by atoms with Crippen molar-refractivity contribution >= 4 is 21.9 Å². The number of aromatic nitrogens is 2. The number of halogens is 1. The molecule has 2 aromatic rings. The smallest absolute Gasteiger partial charge is 0.219 e. The van der Waals surface area contributed by atoms with Crippen LogP contribution in [0.1, 0.15) is 0 Å². The minimum absolute atomic E-state index is 0.292. The van der Waals surface area contributed by atoms with Gasteiger partial charge in [-0.25, -0.2) is 9.97 Å². The van der Waals surface area contributed by atoms with E-state index < -0.39 is 0 Å². The van der Waals surface area contributed by atoms with Gasteiger partial charge in [-0.2, -0.15) is 0 Å². The molecule has 0 unspecified atom stereocenters. The Morgan fingerprint density at radius 2 is 1.71 bits per heavy atom. The van der Waals surface area contributed by atoms with Gasteiger partial charge in [0.2, 0.25) is 5.95 Å². The molecule has 0 bridgehead atoms. The van der Waals surface area contributed by atoms with E-state index in [1.807, 2.05) is 24.3 Å². The normalized spacial score (nSPS) is 10.1. The molecule has 0 amide bonds. The van der Waals surface area contributed by atoms with Crippen LogP contribution in [0.5, 0.6) is 0 Å². The average molecular weight is 250 g/mol. The van der Waals surface area contributed by atoms with Gasteiger partial charge >= 0.3 is 0 Å². The summed E-state index contributed by atoms with van der Waals surface area (Å²) in [5.74, 6) is 0.292. The third kappa shape index (κ3) is 1.75. The first kappa shape index (κ1) is 9.15. The zero-order valence-corrected chi connectivity index (χ0v) is 8.90. The Kier molecular flexibility index (Phi) is 2.45. The zero-order chi connectivity index (χ0) is 9.97. The van der Waals surface area contributed by atoms with Gasteiger partial charge in [-0.3, -0.25) is 0 Å². The molecule has 0 atom stereocenters. The fourth-order valence-electron chi connectivity index (χ4n) is 1.17. The summed E-state index contributed by atoms with van der Waals surface area (Å²) in [6.45, 7) is 0. The van der Waals surface area contributed by atoms with E-state index in [4.69, 9.17) is 5.73 Å². The van der Waals surface area contributed by atoms with E-state index in [1.54, 1.807) is 12.4 Å². The summed E-state index contributed by atoms with van der Waals surface area (Å²) in [7, 11) is 0. The van der Waals surface area contributed by atoms with Crippen LogP contribution in [0.15, 0.2) is 41.1 Å². The second kappa shape index (κ2) is 3.75. The average Bonchev–Trinajstić information content (AvgIpc) is 2.20. The Bertz CT molecular complexity index is 439. The summed E-state index contributed by atoms with van der Waals surface area (Å²) < 4.78 is 1.02. The Morgan fingerprint density at radius 3 is 2.36 bits per heavy atom. The molecule has 0 aliphatic heterocycles. The van der Waals surface area contributed by atoms with E-state index in [-0.39, 0.29) is 0 Å². The van der Waals surface area contributed by atoms with Crippen LogP contribution in [0.4, 0.5) is 5.95 Å². The first-order valence-electron chi connectivity index (χ1n) is 4.10. The number of nitrogens with zero attached hydrogens (tertiary/aromatic N) is 2. The highest BCUT2D eigenvalue weighted by Crippen LogP contribution is 2.26. The maximum Gasteiger partial charge on any atom is 0.219 e. The number of benzene rings is 1. The van der Waals surface area contributed by atoms with Gasteiger partial charge in [0.05, 0.1) is 0 Å². The Balaban J connectivity index is 2.50. The van der Waals surface area contributed by atoms with Gasteiger partial charge < -0.3 is 5.73 Å². The van der Waals surface area contributed by atoms with Crippen molar-refractivity contribution in [1.29, 1.82) is 0 Å². The van der Waals surface area contributed by atoms with Gasteiger partial charge in [0, 0.05) is 22.4 Å². The molecule has 2 N–H and O–H groups in total. The molecule has 2 rings (SSSR count). The largest absolute Gasteiger partial charge is 0.368 e. The second-order valence-electron chi connectivity index (χ2n) is 2.81. The van der Waals surface area contributed by atoms with E-state index in [1.165, 1.54) is 0 Å². The molecule has 0 radical (unpaired) electrons. The summed E-state index contributed by atoms with van der Waals surface area (Å²) in [6, 6.07) is 7.91. The lowest BCUT2D eigenvalue weighted by atomic mass is 10.1. The minimum atomic E-state index is 0.292. The molecule has 1 aromatic carbocycles. The molecular formula is C10H8BrN3. The van der Waals surface area contributed by atoms with Crippen LogP contribution in [0.25, 0.3) is 11.1 Å². The van der Waals surface area contributed by atoms with Crippen LogP contribution in [0.2, 0.25) is 0 Å². The van der Waals surface area contributed by atoms with Crippen LogP contribution in [-0.4, -0.2) is 9.97 Å². The van der Waals surface area contributed by atoms with Gasteiger partial charge in [0.1, 0.15) is 0 Å². The van der Waals surface area contributed by atoms with Gasteiger partial charge in [-0.1, -0.05) is 34.1 Å². The highest BCUT2D eigenvalue weighted by atomic mass is 79.9. The first-order valence-corrected chi connectivity index (χ1v) is 4.89. The summed E-state index contributed by atoms with van der Waals surface area (Å²) in [4.78, 5) is 7.88. The maximum absolute atomic E-state index is 5.41. The van der Waals surface area contributed by atoms with E-state index in [9.17, 15) is 0 Å². The lowest BCUT2D eigenvalue weighted by molar-refractivity contribution is 1.19. The third-order valence-electron chi connectivity index (χ3n) is 1.86. The Hall–Kier alpha value is -1.42. The van der Waals surface area contributed by atoms with Crippen molar-refractivity contribution in [3.63, 3.8) is 0 Å². The predicted octanol–water partition coefficient (Wildman–Crippen LogP) is 2.49. The lowest BCUT2D eigenvalue weighted by Gasteiger charge is -2.02. The molecular weight excluding hydrogens is 242 g/mol. The highest BCUT2D eigenvalue weighted by molar-refractivity contribution is 9.10. The van der Waals surface area contributed by atoms with Gasteiger partial charge in [0.25, 0.3) is 0 Å². The molecule has 0 aliphatic rings. The highest BCUT2D eigenvalue weighted by Gasteiger charge is 2.02. The first-order chi connectivity index (χ1) is 6.77. The maximum atomic E-state index is 5.41. The Morgan fingerprint density at radius 1 is 1.07 bits per heavy atom. The second-order valence-corrected chi connectivity index (χ2v) is 3.66.